The van der Waals surface area contributed by atoms with Gasteiger partial charge in [-0.3, -0.25) is 0 Å². The van der Waals surface area contributed by atoms with E-state index >= 15 is 0 Å². The molecule has 16 heavy (non-hydrogen) atoms. The van der Waals surface area contributed by atoms with Crippen LogP contribution in [0.4, 0.5) is 10.2 Å². The van der Waals surface area contributed by atoms with Crippen molar-refractivity contribution in [2.75, 3.05) is 5.73 Å². The summed E-state index contributed by atoms with van der Waals surface area (Å²) in [6.45, 7) is 2.72. The van der Waals surface area contributed by atoms with Crippen molar-refractivity contribution in [3.05, 3.63) is 34.8 Å². The third kappa shape index (κ3) is 1.82. The van der Waals surface area contributed by atoms with Crippen molar-refractivity contribution in [1.29, 1.82) is 0 Å². The number of nitrogens with zero attached hydrogens (tertiary/aromatic N) is 2. The lowest BCUT2D eigenvalue weighted by Gasteiger charge is -2.04. The van der Waals surface area contributed by atoms with Crippen LogP contribution < -0.4 is 5.73 Å². The summed E-state index contributed by atoms with van der Waals surface area (Å²) in [6, 6.07) is 4.46. The first-order chi connectivity index (χ1) is 7.63. The predicted octanol–water partition coefficient (Wildman–Crippen LogP) is 3.05. The molecule has 0 bridgehead atoms. The first kappa shape index (κ1) is 11.1. The maximum atomic E-state index is 13.2. The molecule has 2 rings (SSSR count). The molecule has 1 aromatic heterocycles. The number of anilines is 1. The third-order valence-corrected chi connectivity index (χ3v) is 3.09. The zero-order valence-electron chi connectivity index (χ0n) is 8.74. The Bertz CT molecular complexity index is 522. The lowest BCUT2D eigenvalue weighted by atomic mass is 10.1. The molecule has 0 fully saturated rings. The molecular formula is C11H11BrFN3. The minimum absolute atomic E-state index is 0.302. The highest BCUT2D eigenvalue weighted by molar-refractivity contribution is 9.10. The summed E-state index contributed by atoms with van der Waals surface area (Å²) >= 11 is 3.36. The van der Waals surface area contributed by atoms with Crippen molar-refractivity contribution in [1.82, 2.24) is 9.55 Å². The minimum Gasteiger partial charge on any atom is -0.383 e. The van der Waals surface area contributed by atoms with Gasteiger partial charge >= 0.3 is 0 Å². The normalized spacial score (nSPS) is 10.7. The van der Waals surface area contributed by atoms with Crippen LogP contribution in [0, 0.1) is 5.82 Å². The Morgan fingerprint density at radius 2 is 2.25 bits per heavy atom. The van der Waals surface area contributed by atoms with Crippen molar-refractivity contribution < 1.29 is 4.39 Å². The molecule has 2 aromatic rings. The van der Waals surface area contributed by atoms with Gasteiger partial charge in [0.05, 0.1) is 6.33 Å². The molecule has 3 nitrogen and oxygen atoms in total. The summed E-state index contributed by atoms with van der Waals surface area (Å²) in [5, 5.41) is 0. The van der Waals surface area contributed by atoms with E-state index in [1.807, 2.05) is 11.5 Å². The smallest absolute Gasteiger partial charge is 0.131 e. The van der Waals surface area contributed by atoms with Crippen LogP contribution in [0.25, 0.3) is 11.3 Å². The molecule has 0 unspecified atom stereocenters. The number of aromatic nitrogens is 2. The summed E-state index contributed by atoms with van der Waals surface area (Å²) in [5.74, 6) is 0.248. The SMILES string of the molecule is CCn1cnc(-c2cc(F)ccc2Br)c1N. The minimum atomic E-state index is -0.302. The Hall–Kier alpha value is -1.36. The molecule has 0 saturated carbocycles. The summed E-state index contributed by atoms with van der Waals surface area (Å²) < 4.78 is 15.7. The van der Waals surface area contributed by atoms with E-state index in [0.717, 1.165) is 11.0 Å². The van der Waals surface area contributed by atoms with Gasteiger partial charge in [0.25, 0.3) is 0 Å². The number of nitrogen functional groups attached to an aromatic ring is 1. The number of imidazole rings is 1. The maximum Gasteiger partial charge on any atom is 0.131 e. The van der Waals surface area contributed by atoms with Gasteiger partial charge < -0.3 is 10.3 Å². The molecule has 0 aliphatic carbocycles. The average molecular weight is 284 g/mol. The third-order valence-electron chi connectivity index (χ3n) is 2.40. The highest BCUT2D eigenvalue weighted by atomic mass is 79.9. The van der Waals surface area contributed by atoms with Gasteiger partial charge in [-0.05, 0) is 25.1 Å². The summed E-state index contributed by atoms with van der Waals surface area (Å²) in [6.07, 6.45) is 1.65. The van der Waals surface area contributed by atoms with E-state index in [-0.39, 0.29) is 5.82 Å². The van der Waals surface area contributed by atoms with Crippen LogP contribution in [0.1, 0.15) is 6.92 Å². The second kappa shape index (κ2) is 4.25. The molecule has 5 heteroatoms. The Balaban J connectivity index is 2.58. The monoisotopic (exact) mass is 283 g/mol. The number of nitrogens with two attached hydrogens (primary N) is 1. The maximum absolute atomic E-state index is 13.2. The number of hydrogen-bond donors (Lipinski definition) is 1. The Labute approximate surface area is 101 Å². The standard InChI is InChI=1S/C11H11BrFN3/c1-2-16-6-15-10(11(16)14)8-5-7(13)3-4-9(8)12/h3-6H,2,14H2,1H3. The first-order valence-corrected chi connectivity index (χ1v) is 5.68. The Morgan fingerprint density at radius 1 is 1.50 bits per heavy atom. The van der Waals surface area contributed by atoms with E-state index in [1.165, 1.54) is 12.1 Å². The van der Waals surface area contributed by atoms with E-state index in [0.29, 0.717) is 17.1 Å². The second-order valence-electron chi connectivity index (χ2n) is 3.39. The van der Waals surface area contributed by atoms with Crippen molar-refractivity contribution in [3.8, 4) is 11.3 Å². The van der Waals surface area contributed by atoms with Crippen LogP contribution >= 0.6 is 15.9 Å². The molecular weight excluding hydrogens is 273 g/mol. The predicted molar refractivity (Wildman–Crippen MR) is 65.4 cm³/mol. The number of aryl methyl sites for hydroxylation is 1. The van der Waals surface area contributed by atoms with Crippen LogP contribution in [0.3, 0.4) is 0 Å². The zero-order chi connectivity index (χ0) is 11.7. The molecule has 0 aliphatic rings. The number of halogens is 2. The Kier molecular flexibility index (Phi) is 2.96. The van der Waals surface area contributed by atoms with Gasteiger partial charge in [-0.15, -0.1) is 0 Å². The molecule has 0 radical (unpaired) electrons. The van der Waals surface area contributed by atoms with Crippen LogP contribution in [0.5, 0.6) is 0 Å². The van der Waals surface area contributed by atoms with Gasteiger partial charge in [0, 0.05) is 16.6 Å². The molecule has 1 aromatic carbocycles. The van der Waals surface area contributed by atoms with E-state index in [2.05, 4.69) is 20.9 Å². The molecule has 84 valence electrons. The molecule has 0 aliphatic heterocycles. The fourth-order valence-corrected chi connectivity index (χ4v) is 1.96. The highest BCUT2D eigenvalue weighted by Gasteiger charge is 2.12. The summed E-state index contributed by atoms with van der Waals surface area (Å²) in [7, 11) is 0. The van der Waals surface area contributed by atoms with Gasteiger partial charge in [-0.25, -0.2) is 9.37 Å². The van der Waals surface area contributed by atoms with E-state index in [9.17, 15) is 4.39 Å². The summed E-state index contributed by atoms with van der Waals surface area (Å²) in [5.41, 5.74) is 7.20. The van der Waals surface area contributed by atoms with Gasteiger partial charge in [-0.2, -0.15) is 0 Å². The van der Waals surface area contributed by atoms with Gasteiger partial charge in [0.15, 0.2) is 0 Å². The molecule has 0 atom stereocenters. The molecule has 0 saturated heterocycles. The quantitative estimate of drug-likeness (QED) is 0.921. The molecule has 2 N–H and O–H groups in total. The van der Waals surface area contributed by atoms with Gasteiger partial charge in [-0.1, -0.05) is 15.9 Å². The number of rotatable bonds is 2. The largest absolute Gasteiger partial charge is 0.383 e. The lowest BCUT2D eigenvalue weighted by molar-refractivity contribution is 0.628. The van der Waals surface area contributed by atoms with Crippen molar-refractivity contribution in [2.45, 2.75) is 13.5 Å². The van der Waals surface area contributed by atoms with E-state index in [4.69, 9.17) is 5.73 Å². The zero-order valence-corrected chi connectivity index (χ0v) is 10.3. The fourth-order valence-electron chi connectivity index (χ4n) is 1.53. The van der Waals surface area contributed by atoms with Gasteiger partial charge in [0.1, 0.15) is 17.3 Å². The van der Waals surface area contributed by atoms with Crippen LogP contribution in [0.15, 0.2) is 29.0 Å². The fraction of sp³-hybridized carbons (Fsp3) is 0.182. The van der Waals surface area contributed by atoms with Crippen molar-refractivity contribution >= 4 is 21.7 Å². The van der Waals surface area contributed by atoms with Crippen LogP contribution in [-0.2, 0) is 6.54 Å². The summed E-state index contributed by atoms with van der Waals surface area (Å²) in [4.78, 5) is 4.20. The second-order valence-corrected chi connectivity index (χ2v) is 4.24. The highest BCUT2D eigenvalue weighted by Crippen LogP contribution is 2.31. The molecule has 0 amide bonds. The lowest BCUT2D eigenvalue weighted by Crippen LogP contribution is -1.99. The van der Waals surface area contributed by atoms with Gasteiger partial charge in [0.2, 0.25) is 0 Å². The van der Waals surface area contributed by atoms with Crippen LogP contribution in [0.2, 0.25) is 0 Å². The number of benzene rings is 1. The number of hydrogen-bond acceptors (Lipinski definition) is 2. The van der Waals surface area contributed by atoms with E-state index < -0.39 is 0 Å². The topological polar surface area (TPSA) is 43.8 Å². The van der Waals surface area contributed by atoms with Crippen LogP contribution in [-0.4, -0.2) is 9.55 Å². The Morgan fingerprint density at radius 3 is 2.88 bits per heavy atom. The first-order valence-electron chi connectivity index (χ1n) is 4.89. The molecule has 0 spiro atoms. The van der Waals surface area contributed by atoms with Crippen molar-refractivity contribution in [3.63, 3.8) is 0 Å². The molecule has 1 heterocycles. The van der Waals surface area contributed by atoms with E-state index in [1.54, 1.807) is 12.4 Å². The van der Waals surface area contributed by atoms with Crippen molar-refractivity contribution in [2.24, 2.45) is 0 Å². The average Bonchev–Trinajstić information content (AvgIpc) is 2.63.